The Kier molecular flexibility index (Phi) is 6.82. The summed E-state index contributed by atoms with van der Waals surface area (Å²) in [4.78, 5) is 37.9. The Morgan fingerprint density at radius 1 is 1.00 bits per heavy atom. The van der Waals surface area contributed by atoms with Gasteiger partial charge in [0, 0.05) is 31.4 Å². The number of allylic oxidation sites excluding steroid dienone is 1. The first-order chi connectivity index (χ1) is 16.8. The van der Waals surface area contributed by atoms with E-state index in [2.05, 4.69) is 5.32 Å². The number of carbonyl (C=O) groups excluding carboxylic acids is 3. The predicted molar refractivity (Wildman–Crippen MR) is 132 cm³/mol. The van der Waals surface area contributed by atoms with Gasteiger partial charge in [0.25, 0.3) is 5.91 Å². The van der Waals surface area contributed by atoms with Gasteiger partial charge >= 0.3 is 0 Å². The van der Waals surface area contributed by atoms with E-state index < -0.39 is 0 Å². The van der Waals surface area contributed by atoms with Crippen LogP contribution in [0.25, 0.3) is 6.08 Å². The molecule has 0 atom stereocenters. The van der Waals surface area contributed by atoms with Gasteiger partial charge in [-0.15, -0.1) is 0 Å². The lowest BCUT2D eigenvalue weighted by molar-refractivity contribution is -0.118. The number of nitrogens with zero attached hydrogens (tertiary/aromatic N) is 1. The molecular weight excluding hydrogens is 448 g/mol. The predicted octanol–water partition coefficient (Wildman–Crippen LogP) is 4.31. The molecule has 0 aromatic heterocycles. The maximum absolute atomic E-state index is 12.7. The van der Waals surface area contributed by atoms with Crippen LogP contribution in [0.4, 0.5) is 11.4 Å². The van der Waals surface area contributed by atoms with E-state index in [9.17, 15) is 14.4 Å². The maximum Gasteiger partial charge on any atom is 0.262 e. The Morgan fingerprint density at radius 3 is 2.34 bits per heavy atom. The zero-order chi connectivity index (χ0) is 24.9. The van der Waals surface area contributed by atoms with Crippen molar-refractivity contribution >= 4 is 35.0 Å². The summed E-state index contributed by atoms with van der Waals surface area (Å²) in [6, 6.07) is 19.0. The molecule has 0 radical (unpaired) electrons. The Hall–Kier alpha value is -4.59. The minimum Gasteiger partial charge on any atom is -0.497 e. The van der Waals surface area contributed by atoms with Crippen LogP contribution in [0.5, 0.6) is 17.2 Å². The number of hydrogen-bond acceptors (Lipinski definition) is 6. The Morgan fingerprint density at radius 2 is 1.69 bits per heavy atom. The number of methoxy groups -OCH3 is 1. The molecule has 1 aliphatic heterocycles. The summed E-state index contributed by atoms with van der Waals surface area (Å²) in [7, 11) is 3.26. The highest BCUT2D eigenvalue weighted by molar-refractivity contribution is 6.14. The molecule has 1 N–H and O–H groups in total. The fraction of sp³-hybridized carbons (Fsp3) is 0.148. The molecule has 0 saturated carbocycles. The van der Waals surface area contributed by atoms with Crippen molar-refractivity contribution < 1.29 is 28.6 Å². The van der Waals surface area contributed by atoms with E-state index in [4.69, 9.17) is 14.2 Å². The first kappa shape index (κ1) is 23.6. The van der Waals surface area contributed by atoms with Crippen LogP contribution in [0.2, 0.25) is 0 Å². The lowest BCUT2D eigenvalue weighted by Gasteiger charge is -2.15. The van der Waals surface area contributed by atoms with E-state index in [0.717, 1.165) is 17.0 Å². The maximum atomic E-state index is 12.7. The summed E-state index contributed by atoms with van der Waals surface area (Å²) in [6.07, 6.45) is 1.66. The average Bonchev–Trinajstić information content (AvgIpc) is 3.17. The van der Waals surface area contributed by atoms with Crippen molar-refractivity contribution in [1.82, 2.24) is 0 Å². The van der Waals surface area contributed by atoms with E-state index in [1.165, 1.54) is 11.8 Å². The smallest absolute Gasteiger partial charge is 0.262 e. The summed E-state index contributed by atoms with van der Waals surface area (Å²) in [5, 5.41) is 2.74. The molecule has 0 unspecified atom stereocenters. The third kappa shape index (κ3) is 5.50. The molecule has 0 spiro atoms. The average molecular weight is 472 g/mol. The summed E-state index contributed by atoms with van der Waals surface area (Å²) in [5.74, 6) is 1.04. The van der Waals surface area contributed by atoms with E-state index in [0.29, 0.717) is 22.7 Å². The zero-order valence-corrected chi connectivity index (χ0v) is 19.5. The van der Waals surface area contributed by atoms with Gasteiger partial charge in [-0.3, -0.25) is 14.4 Å². The Labute approximate surface area is 202 Å². The monoisotopic (exact) mass is 472 g/mol. The van der Waals surface area contributed by atoms with E-state index in [-0.39, 0.29) is 30.0 Å². The molecule has 1 heterocycles. The highest BCUT2D eigenvalue weighted by Crippen LogP contribution is 2.35. The van der Waals surface area contributed by atoms with Gasteiger partial charge in [-0.2, -0.15) is 0 Å². The summed E-state index contributed by atoms with van der Waals surface area (Å²) in [5.41, 5.74) is 2.53. The van der Waals surface area contributed by atoms with Crippen LogP contribution in [0.3, 0.4) is 0 Å². The molecular formula is C27H24N2O6. The molecule has 0 fully saturated rings. The van der Waals surface area contributed by atoms with Gasteiger partial charge in [-0.1, -0.05) is 12.1 Å². The minimum atomic E-state index is -0.352. The number of Topliss-reactive ketones (excluding diaryl/α,β-unsaturated/α-hetero) is 1. The quantitative estimate of drug-likeness (QED) is 0.515. The second kappa shape index (κ2) is 10.1. The zero-order valence-electron chi connectivity index (χ0n) is 19.5. The molecule has 8 heteroatoms. The van der Waals surface area contributed by atoms with Crippen LogP contribution in [0.15, 0.2) is 72.5 Å². The number of nitrogens with one attached hydrogen (secondary N) is 1. The highest BCUT2D eigenvalue weighted by atomic mass is 16.5. The Balaban J connectivity index is 1.35. The van der Waals surface area contributed by atoms with E-state index in [1.54, 1.807) is 74.8 Å². The van der Waals surface area contributed by atoms with Crippen LogP contribution in [0.1, 0.15) is 22.8 Å². The van der Waals surface area contributed by atoms with E-state index >= 15 is 0 Å². The second-order valence-corrected chi connectivity index (χ2v) is 7.83. The van der Waals surface area contributed by atoms with Gasteiger partial charge in [-0.25, -0.2) is 0 Å². The fourth-order valence-electron chi connectivity index (χ4n) is 3.40. The molecule has 4 rings (SSSR count). The van der Waals surface area contributed by atoms with Crippen LogP contribution in [-0.2, 0) is 9.59 Å². The van der Waals surface area contributed by atoms with Crippen LogP contribution < -0.4 is 24.4 Å². The standard InChI is InChI=1S/C27H24N2O6/c1-17(30)29(2)20-8-6-19(7-9-20)28-26(31)16-34-22-12-13-23-24(15-22)35-25(27(23)32)14-18-4-10-21(33-3)11-5-18/h4-15H,16H2,1-3H3,(H,28,31). The minimum absolute atomic E-state index is 0.0847. The van der Waals surface area contributed by atoms with Crippen LogP contribution in [0, 0.1) is 0 Å². The van der Waals surface area contributed by atoms with Gasteiger partial charge in [0.05, 0.1) is 12.7 Å². The van der Waals surface area contributed by atoms with E-state index in [1.807, 2.05) is 12.1 Å². The SMILES string of the molecule is COc1ccc(C=C2Oc3cc(OCC(=O)Nc4ccc(N(C)C(C)=O)cc4)ccc3C2=O)cc1. The number of ether oxygens (including phenoxy) is 3. The topological polar surface area (TPSA) is 94.2 Å². The normalized spacial score (nSPS) is 13.1. The molecule has 0 aliphatic carbocycles. The molecule has 178 valence electrons. The third-order valence-corrected chi connectivity index (χ3v) is 5.44. The molecule has 0 saturated heterocycles. The number of amides is 2. The van der Waals surface area contributed by atoms with Crippen molar-refractivity contribution in [1.29, 1.82) is 0 Å². The third-order valence-electron chi connectivity index (χ3n) is 5.44. The number of carbonyl (C=O) groups is 3. The fourth-order valence-corrected chi connectivity index (χ4v) is 3.40. The van der Waals surface area contributed by atoms with Crippen molar-refractivity contribution in [3.05, 3.63) is 83.6 Å². The van der Waals surface area contributed by atoms with Gasteiger partial charge in [0.15, 0.2) is 12.4 Å². The molecule has 0 bridgehead atoms. The lowest BCUT2D eigenvalue weighted by Crippen LogP contribution is -2.23. The number of rotatable bonds is 7. The van der Waals surface area contributed by atoms with Gasteiger partial charge in [0.1, 0.15) is 17.2 Å². The first-order valence-corrected chi connectivity index (χ1v) is 10.8. The molecule has 2 amide bonds. The highest BCUT2D eigenvalue weighted by Gasteiger charge is 2.27. The summed E-state index contributed by atoms with van der Waals surface area (Å²) >= 11 is 0. The van der Waals surface area contributed by atoms with Gasteiger partial charge < -0.3 is 24.4 Å². The molecule has 8 nitrogen and oxygen atoms in total. The summed E-state index contributed by atoms with van der Waals surface area (Å²) < 4.78 is 16.5. The summed E-state index contributed by atoms with van der Waals surface area (Å²) in [6.45, 7) is 1.25. The van der Waals surface area contributed by atoms with Crippen molar-refractivity contribution in [2.75, 3.05) is 31.0 Å². The number of ketones is 1. The van der Waals surface area contributed by atoms with Crippen molar-refractivity contribution in [3.8, 4) is 17.2 Å². The molecule has 35 heavy (non-hydrogen) atoms. The number of benzene rings is 3. The second-order valence-electron chi connectivity index (χ2n) is 7.83. The van der Waals surface area contributed by atoms with Crippen molar-refractivity contribution in [3.63, 3.8) is 0 Å². The van der Waals surface area contributed by atoms with Gasteiger partial charge in [-0.05, 0) is 60.2 Å². The molecule has 3 aromatic rings. The lowest BCUT2D eigenvalue weighted by atomic mass is 10.1. The first-order valence-electron chi connectivity index (χ1n) is 10.8. The molecule has 1 aliphatic rings. The number of anilines is 2. The van der Waals surface area contributed by atoms with Crippen LogP contribution >= 0.6 is 0 Å². The van der Waals surface area contributed by atoms with Crippen molar-refractivity contribution in [2.24, 2.45) is 0 Å². The van der Waals surface area contributed by atoms with Gasteiger partial charge in [0.2, 0.25) is 11.7 Å². The number of fused-ring (bicyclic) bond motifs is 1. The van der Waals surface area contributed by atoms with Crippen molar-refractivity contribution in [2.45, 2.75) is 6.92 Å². The van der Waals surface area contributed by atoms with Crippen LogP contribution in [-0.4, -0.2) is 38.4 Å². The largest absolute Gasteiger partial charge is 0.497 e. The molecule has 3 aromatic carbocycles. The Bertz CT molecular complexity index is 1300. The number of hydrogen-bond donors (Lipinski definition) is 1.